The van der Waals surface area contributed by atoms with Crippen LogP contribution in [0, 0.1) is 6.92 Å². The lowest BCUT2D eigenvalue weighted by Crippen LogP contribution is -2.21. The summed E-state index contributed by atoms with van der Waals surface area (Å²) in [6.07, 6.45) is 2.55. The molecule has 0 saturated heterocycles. The molecule has 31 heavy (non-hydrogen) atoms. The largest absolute Gasteiger partial charge is 0.321 e. The fourth-order valence-corrected chi connectivity index (χ4v) is 4.74. The first-order chi connectivity index (χ1) is 15.0. The van der Waals surface area contributed by atoms with Crippen LogP contribution in [-0.2, 0) is 6.54 Å². The van der Waals surface area contributed by atoms with Crippen LogP contribution in [0.1, 0.15) is 52.5 Å². The molecule has 1 amide bonds. The lowest BCUT2D eigenvalue weighted by molar-refractivity contribution is 0.103. The van der Waals surface area contributed by atoms with Crippen LogP contribution >= 0.6 is 11.3 Å². The molecule has 2 aromatic carbocycles. The zero-order valence-electron chi connectivity index (χ0n) is 17.9. The fraction of sp³-hybridized carbons (Fsp3) is 0.240. The Morgan fingerprint density at radius 3 is 2.58 bits per heavy atom. The number of carbonyl (C=O) groups is 1. The van der Waals surface area contributed by atoms with Crippen molar-refractivity contribution in [3.8, 4) is 0 Å². The highest BCUT2D eigenvalue weighted by molar-refractivity contribution is 7.20. The summed E-state index contributed by atoms with van der Waals surface area (Å²) in [5, 5.41) is 3.57. The summed E-state index contributed by atoms with van der Waals surface area (Å²) in [6, 6.07) is 17.7. The van der Waals surface area contributed by atoms with Crippen LogP contribution in [0.3, 0.4) is 0 Å². The SMILES string of the molecule is CCC(C)c1ccccc1NC(=O)c1sc2ncn(Cc3ccccc3)c(=O)c2c1C. The topological polar surface area (TPSA) is 64.0 Å². The minimum Gasteiger partial charge on any atom is -0.321 e. The number of hydrogen-bond acceptors (Lipinski definition) is 4. The van der Waals surface area contributed by atoms with E-state index in [1.54, 1.807) is 10.9 Å². The van der Waals surface area contributed by atoms with E-state index in [1.165, 1.54) is 11.3 Å². The van der Waals surface area contributed by atoms with Gasteiger partial charge >= 0.3 is 0 Å². The van der Waals surface area contributed by atoms with Gasteiger partial charge in [-0.3, -0.25) is 14.2 Å². The molecule has 2 aromatic heterocycles. The normalized spacial score (nSPS) is 12.1. The van der Waals surface area contributed by atoms with Gasteiger partial charge in [-0.25, -0.2) is 4.98 Å². The van der Waals surface area contributed by atoms with Crippen LogP contribution < -0.4 is 10.9 Å². The lowest BCUT2D eigenvalue weighted by Gasteiger charge is -2.15. The molecule has 2 heterocycles. The standard InChI is InChI=1S/C25H25N3O2S/c1-4-16(2)19-12-8-9-13-20(19)27-23(29)22-17(3)21-24(31-22)26-15-28(25(21)30)14-18-10-6-5-7-11-18/h5-13,15-16H,4,14H2,1-3H3,(H,27,29). The molecule has 4 aromatic rings. The Balaban J connectivity index is 1.68. The number of aryl methyl sites for hydroxylation is 1. The molecule has 5 nitrogen and oxygen atoms in total. The molecule has 4 rings (SSSR count). The number of carbonyl (C=O) groups excluding carboxylic acids is 1. The first kappa shape index (κ1) is 21.0. The van der Waals surface area contributed by atoms with E-state index in [0.717, 1.165) is 23.2 Å². The highest BCUT2D eigenvalue weighted by atomic mass is 32.1. The molecule has 0 aliphatic heterocycles. The molecule has 0 bridgehead atoms. The molecular weight excluding hydrogens is 406 g/mol. The molecule has 0 fully saturated rings. The Labute approximate surface area is 185 Å². The summed E-state index contributed by atoms with van der Waals surface area (Å²) >= 11 is 1.26. The van der Waals surface area contributed by atoms with E-state index >= 15 is 0 Å². The van der Waals surface area contributed by atoms with Crippen LogP contribution in [0.5, 0.6) is 0 Å². The van der Waals surface area contributed by atoms with Crippen LogP contribution in [0.2, 0.25) is 0 Å². The molecule has 6 heteroatoms. The van der Waals surface area contributed by atoms with Gasteiger partial charge in [0.1, 0.15) is 4.83 Å². The molecule has 0 spiro atoms. The van der Waals surface area contributed by atoms with Crippen LogP contribution in [-0.4, -0.2) is 15.5 Å². The van der Waals surface area contributed by atoms with Gasteiger partial charge in [-0.2, -0.15) is 0 Å². The Morgan fingerprint density at radius 1 is 1.13 bits per heavy atom. The number of amides is 1. The van der Waals surface area contributed by atoms with Crippen LogP contribution in [0.25, 0.3) is 10.2 Å². The number of hydrogen-bond donors (Lipinski definition) is 1. The van der Waals surface area contributed by atoms with Gasteiger partial charge in [-0.1, -0.05) is 62.4 Å². The third kappa shape index (κ3) is 4.16. The van der Waals surface area contributed by atoms with Gasteiger partial charge in [0.25, 0.3) is 11.5 Å². The molecule has 1 N–H and O–H groups in total. The van der Waals surface area contributed by atoms with Crippen LogP contribution in [0.4, 0.5) is 5.69 Å². The summed E-state index contributed by atoms with van der Waals surface area (Å²) in [4.78, 5) is 31.8. The Bertz CT molecular complexity index is 1290. The highest BCUT2D eigenvalue weighted by Crippen LogP contribution is 2.30. The second-order valence-electron chi connectivity index (χ2n) is 7.75. The van der Waals surface area contributed by atoms with Gasteiger partial charge < -0.3 is 5.32 Å². The van der Waals surface area contributed by atoms with Crippen molar-refractivity contribution < 1.29 is 4.79 Å². The summed E-state index contributed by atoms with van der Waals surface area (Å²) in [5.74, 6) is 0.136. The highest BCUT2D eigenvalue weighted by Gasteiger charge is 2.21. The van der Waals surface area contributed by atoms with E-state index in [0.29, 0.717) is 33.1 Å². The molecule has 0 saturated carbocycles. The lowest BCUT2D eigenvalue weighted by atomic mass is 9.97. The molecule has 0 aliphatic carbocycles. The number of thiophene rings is 1. The Morgan fingerprint density at radius 2 is 1.84 bits per heavy atom. The summed E-state index contributed by atoms with van der Waals surface area (Å²) in [5.41, 5.74) is 3.51. The minimum atomic E-state index is -0.203. The number of fused-ring (bicyclic) bond motifs is 1. The maximum atomic E-state index is 13.1. The van der Waals surface area contributed by atoms with Crippen molar-refractivity contribution in [1.29, 1.82) is 0 Å². The van der Waals surface area contributed by atoms with Gasteiger partial charge in [-0.05, 0) is 42.0 Å². The summed E-state index contributed by atoms with van der Waals surface area (Å²) in [7, 11) is 0. The maximum Gasteiger partial charge on any atom is 0.266 e. The summed E-state index contributed by atoms with van der Waals surface area (Å²) < 4.78 is 1.59. The van der Waals surface area contributed by atoms with Crippen molar-refractivity contribution in [2.75, 3.05) is 5.32 Å². The quantitative estimate of drug-likeness (QED) is 0.433. The fourth-order valence-electron chi connectivity index (χ4n) is 3.71. The van der Waals surface area contributed by atoms with E-state index in [9.17, 15) is 9.59 Å². The first-order valence-electron chi connectivity index (χ1n) is 10.4. The van der Waals surface area contributed by atoms with E-state index in [4.69, 9.17) is 0 Å². The van der Waals surface area contributed by atoms with E-state index < -0.39 is 0 Å². The van der Waals surface area contributed by atoms with Crippen molar-refractivity contribution in [3.05, 3.63) is 92.8 Å². The smallest absolute Gasteiger partial charge is 0.266 e. The Kier molecular flexibility index (Phi) is 6.00. The number of anilines is 1. The van der Waals surface area contributed by atoms with Gasteiger partial charge in [-0.15, -0.1) is 11.3 Å². The van der Waals surface area contributed by atoms with Gasteiger partial charge in [0.2, 0.25) is 0 Å². The number of benzene rings is 2. The van der Waals surface area contributed by atoms with Gasteiger partial charge in [0.05, 0.1) is 23.1 Å². The van der Waals surface area contributed by atoms with E-state index in [-0.39, 0.29) is 11.5 Å². The molecule has 1 unspecified atom stereocenters. The van der Waals surface area contributed by atoms with Crippen LogP contribution in [0.15, 0.2) is 65.7 Å². The minimum absolute atomic E-state index is 0.123. The monoisotopic (exact) mass is 431 g/mol. The third-order valence-electron chi connectivity index (χ3n) is 5.67. The van der Waals surface area contributed by atoms with E-state index in [2.05, 4.69) is 24.1 Å². The predicted molar refractivity (Wildman–Crippen MR) is 127 cm³/mol. The maximum absolute atomic E-state index is 13.1. The second kappa shape index (κ2) is 8.86. The third-order valence-corrected chi connectivity index (χ3v) is 6.87. The first-order valence-corrected chi connectivity index (χ1v) is 11.2. The van der Waals surface area contributed by atoms with Crippen molar-refractivity contribution >= 4 is 33.1 Å². The second-order valence-corrected chi connectivity index (χ2v) is 8.75. The molecular formula is C25H25N3O2S. The van der Waals surface area contributed by atoms with Crippen molar-refractivity contribution in [2.24, 2.45) is 0 Å². The van der Waals surface area contributed by atoms with Crippen molar-refractivity contribution in [2.45, 2.75) is 39.7 Å². The molecule has 0 aliphatic rings. The Hall–Kier alpha value is -3.25. The number of nitrogens with zero attached hydrogens (tertiary/aromatic N) is 2. The van der Waals surface area contributed by atoms with Gasteiger partial charge in [0, 0.05) is 5.69 Å². The zero-order chi connectivity index (χ0) is 22.0. The molecule has 0 radical (unpaired) electrons. The van der Waals surface area contributed by atoms with E-state index in [1.807, 2.05) is 61.5 Å². The zero-order valence-corrected chi connectivity index (χ0v) is 18.7. The van der Waals surface area contributed by atoms with Gasteiger partial charge in [0.15, 0.2) is 0 Å². The number of aromatic nitrogens is 2. The number of nitrogens with one attached hydrogen (secondary N) is 1. The molecule has 1 atom stereocenters. The summed E-state index contributed by atoms with van der Waals surface area (Å²) in [6.45, 7) is 6.55. The average molecular weight is 432 g/mol. The molecule has 158 valence electrons. The predicted octanol–water partition coefficient (Wildman–Crippen LogP) is 5.58. The number of rotatable bonds is 6. The number of para-hydroxylation sites is 1. The average Bonchev–Trinajstić information content (AvgIpc) is 3.13. The van der Waals surface area contributed by atoms with Crippen molar-refractivity contribution in [3.63, 3.8) is 0 Å². The van der Waals surface area contributed by atoms with Crippen molar-refractivity contribution in [1.82, 2.24) is 9.55 Å².